The second-order valence-corrected chi connectivity index (χ2v) is 5.99. The van der Waals surface area contributed by atoms with Crippen molar-refractivity contribution in [2.45, 2.75) is 26.7 Å². The van der Waals surface area contributed by atoms with E-state index in [0.29, 0.717) is 16.0 Å². The third-order valence-electron chi connectivity index (χ3n) is 3.02. The lowest BCUT2D eigenvalue weighted by atomic mass is 10.0. The summed E-state index contributed by atoms with van der Waals surface area (Å²) in [5.74, 6) is -1.18. The van der Waals surface area contributed by atoms with Crippen LogP contribution in [0.3, 0.4) is 0 Å². The van der Waals surface area contributed by atoms with E-state index in [-0.39, 0.29) is 10.4 Å². The molecule has 2 aromatic rings. The molecule has 0 aliphatic heterocycles. The van der Waals surface area contributed by atoms with Gasteiger partial charge in [0.25, 0.3) is 0 Å². The molecule has 106 valence electrons. The maximum Gasteiger partial charge on any atom is 0.173 e. The van der Waals surface area contributed by atoms with Crippen molar-refractivity contribution in [2.24, 2.45) is 0 Å². The van der Waals surface area contributed by atoms with E-state index in [2.05, 4.69) is 25.9 Å². The summed E-state index contributed by atoms with van der Waals surface area (Å²) in [6, 6.07) is 2.53. The van der Waals surface area contributed by atoms with Crippen molar-refractivity contribution in [3.8, 4) is 11.4 Å². The maximum atomic E-state index is 13.6. The molecule has 2 nitrogen and oxygen atoms in total. The Kier molecular flexibility index (Phi) is 4.34. The summed E-state index contributed by atoms with van der Waals surface area (Å²) >= 11 is 8.35. The Morgan fingerprint density at radius 1 is 1.30 bits per heavy atom. The van der Waals surface area contributed by atoms with Gasteiger partial charge in [0.05, 0.1) is 4.47 Å². The second kappa shape index (κ2) is 5.69. The van der Waals surface area contributed by atoms with Crippen LogP contribution in [0.15, 0.2) is 16.6 Å². The summed E-state index contributed by atoms with van der Waals surface area (Å²) in [5.41, 5.74) is 2.28. The van der Waals surface area contributed by atoms with Gasteiger partial charge in [-0.25, -0.2) is 13.8 Å². The first kappa shape index (κ1) is 15.3. The number of halogens is 3. The Hall–Kier alpha value is -1.14. The molecule has 0 fully saturated rings. The number of nitrogens with zero attached hydrogens (tertiary/aromatic N) is 1. The molecular formula is C14H13BrF2N2S. The SMILES string of the molecule is Cc1[nH]c(-c2ccc(F)c(F)c2Br)nc(=S)c1C(C)C. The molecule has 0 atom stereocenters. The number of hydrogen-bond donors (Lipinski definition) is 1. The first-order chi connectivity index (χ1) is 9.32. The summed E-state index contributed by atoms with van der Waals surface area (Å²) in [6.07, 6.45) is 0. The number of aromatic nitrogens is 2. The quantitative estimate of drug-likeness (QED) is 0.584. The molecule has 0 aliphatic rings. The fourth-order valence-electron chi connectivity index (χ4n) is 2.11. The lowest BCUT2D eigenvalue weighted by Crippen LogP contribution is -2.02. The van der Waals surface area contributed by atoms with Crippen LogP contribution in [-0.4, -0.2) is 9.97 Å². The summed E-state index contributed by atoms with van der Waals surface area (Å²) in [6.45, 7) is 5.95. The average molecular weight is 359 g/mol. The Bertz CT molecular complexity index is 726. The molecule has 0 bridgehead atoms. The standard InChI is InChI=1S/C14H13BrF2N2S/c1-6(2)10-7(3)18-13(19-14(10)20)8-4-5-9(16)12(17)11(8)15/h4-6H,1-3H3,(H,18,19,20). The molecule has 0 spiro atoms. The van der Waals surface area contributed by atoms with Crippen LogP contribution in [-0.2, 0) is 0 Å². The van der Waals surface area contributed by atoms with Crippen molar-refractivity contribution in [1.82, 2.24) is 9.97 Å². The number of benzene rings is 1. The summed E-state index contributed by atoms with van der Waals surface area (Å²) in [4.78, 5) is 7.40. The maximum absolute atomic E-state index is 13.6. The highest BCUT2D eigenvalue weighted by molar-refractivity contribution is 9.10. The lowest BCUT2D eigenvalue weighted by molar-refractivity contribution is 0.504. The molecule has 0 saturated heterocycles. The molecular weight excluding hydrogens is 346 g/mol. The third-order valence-corrected chi connectivity index (χ3v) is 4.11. The van der Waals surface area contributed by atoms with Crippen molar-refractivity contribution < 1.29 is 8.78 Å². The first-order valence-corrected chi connectivity index (χ1v) is 7.27. The predicted molar refractivity (Wildman–Crippen MR) is 81.3 cm³/mol. The van der Waals surface area contributed by atoms with E-state index in [1.807, 2.05) is 20.8 Å². The first-order valence-electron chi connectivity index (χ1n) is 6.07. The zero-order valence-electron chi connectivity index (χ0n) is 11.2. The minimum atomic E-state index is -0.936. The van der Waals surface area contributed by atoms with Crippen LogP contribution in [0.5, 0.6) is 0 Å². The fraction of sp³-hybridized carbons (Fsp3) is 0.286. The van der Waals surface area contributed by atoms with Gasteiger partial charge in [0.15, 0.2) is 11.6 Å². The van der Waals surface area contributed by atoms with Crippen LogP contribution in [0.2, 0.25) is 0 Å². The molecule has 6 heteroatoms. The van der Waals surface area contributed by atoms with E-state index in [0.717, 1.165) is 17.3 Å². The number of H-pyrrole nitrogens is 1. The van der Waals surface area contributed by atoms with E-state index >= 15 is 0 Å². The average Bonchev–Trinajstić information content (AvgIpc) is 2.34. The van der Waals surface area contributed by atoms with Crippen molar-refractivity contribution in [3.63, 3.8) is 0 Å². The van der Waals surface area contributed by atoms with Crippen LogP contribution >= 0.6 is 28.1 Å². The number of aryl methyl sites for hydroxylation is 1. The Morgan fingerprint density at radius 3 is 2.50 bits per heavy atom. The van der Waals surface area contributed by atoms with Crippen molar-refractivity contribution >= 4 is 28.1 Å². The molecule has 1 aromatic heterocycles. The van der Waals surface area contributed by atoms with E-state index in [1.165, 1.54) is 6.07 Å². The van der Waals surface area contributed by atoms with E-state index in [1.54, 1.807) is 0 Å². The lowest BCUT2D eigenvalue weighted by Gasteiger charge is -2.12. The highest BCUT2D eigenvalue weighted by Crippen LogP contribution is 2.30. The van der Waals surface area contributed by atoms with E-state index in [4.69, 9.17) is 12.2 Å². The van der Waals surface area contributed by atoms with E-state index < -0.39 is 11.6 Å². The van der Waals surface area contributed by atoms with Crippen LogP contribution in [0, 0.1) is 23.2 Å². The normalized spacial score (nSPS) is 11.2. The minimum absolute atomic E-state index is 0.0346. The van der Waals surface area contributed by atoms with Crippen molar-refractivity contribution in [3.05, 3.63) is 44.1 Å². The van der Waals surface area contributed by atoms with Gasteiger partial charge in [0.2, 0.25) is 0 Å². The van der Waals surface area contributed by atoms with Gasteiger partial charge in [-0.05, 0) is 40.9 Å². The molecule has 0 unspecified atom stereocenters. The van der Waals surface area contributed by atoms with Gasteiger partial charge in [-0.15, -0.1) is 0 Å². The molecule has 0 saturated carbocycles. The molecule has 0 radical (unpaired) electrons. The molecule has 0 amide bonds. The minimum Gasteiger partial charge on any atom is -0.343 e. The van der Waals surface area contributed by atoms with Gasteiger partial charge in [-0.2, -0.15) is 0 Å². The van der Waals surface area contributed by atoms with Gasteiger partial charge >= 0.3 is 0 Å². The third kappa shape index (κ3) is 2.67. The van der Waals surface area contributed by atoms with Crippen LogP contribution < -0.4 is 0 Å². The Morgan fingerprint density at radius 2 is 1.95 bits per heavy atom. The van der Waals surface area contributed by atoms with Gasteiger partial charge in [0.1, 0.15) is 10.5 Å². The Balaban J connectivity index is 2.67. The Labute approximate surface area is 129 Å². The molecule has 1 heterocycles. The number of hydrogen-bond acceptors (Lipinski definition) is 2. The molecule has 1 aromatic carbocycles. The number of rotatable bonds is 2. The topological polar surface area (TPSA) is 28.7 Å². The predicted octanol–water partition coefficient (Wildman–Crippen LogP) is 5.28. The van der Waals surface area contributed by atoms with E-state index in [9.17, 15) is 8.78 Å². The number of nitrogens with one attached hydrogen (secondary N) is 1. The molecule has 2 rings (SSSR count). The van der Waals surface area contributed by atoms with Gasteiger partial charge in [-0.3, -0.25) is 0 Å². The molecule has 20 heavy (non-hydrogen) atoms. The van der Waals surface area contributed by atoms with Crippen LogP contribution in [0.25, 0.3) is 11.4 Å². The number of aromatic amines is 1. The van der Waals surface area contributed by atoms with Crippen molar-refractivity contribution in [1.29, 1.82) is 0 Å². The van der Waals surface area contributed by atoms with Gasteiger partial charge in [0, 0.05) is 16.8 Å². The highest BCUT2D eigenvalue weighted by atomic mass is 79.9. The molecule has 0 aliphatic carbocycles. The molecule has 1 N–H and O–H groups in total. The van der Waals surface area contributed by atoms with Crippen molar-refractivity contribution in [2.75, 3.05) is 0 Å². The van der Waals surface area contributed by atoms with Gasteiger partial charge < -0.3 is 4.98 Å². The highest BCUT2D eigenvalue weighted by Gasteiger charge is 2.16. The summed E-state index contributed by atoms with van der Waals surface area (Å²) in [5, 5.41) is 0. The summed E-state index contributed by atoms with van der Waals surface area (Å²) in [7, 11) is 0. The fourth-order valence-corrected chi connectivity index (χ4v) is 3.10. The largest absolute Gasteiger partial charge is 0.343 e. The zero-order chi connectivity index (χ0) is 15.0. The second-order valence-electron chi connectivity index (χ2n) is 4.81. The van der Waals surface area contributed by atoms with Gasteiger partial charge in [-0.1, -0.05) is 26.1 Å². The van der Waals surface area contributed by atoms with Crippen LogP contribution in [0.4, 0.5) is 8.78 Å². The monoisotopic (exact) mass is 358 g/mol. The zero-order valence-corrected chi connectivity index (χ0v) is 13.6. The summed E-state index contributed by atoms with van der Waals surface area (Å²) < 4.78 is 27.3. The van der Waals surface area contributed by atoms with Crippen LogP contribution in [0.1, 0.15) is 31.0 Å². The smallest absolute Gasteiger partial charge is 0.173 e.